The highest BCUT2D eigenvalue weighted by Gasteiger charge is 2.21. The Hall–Kier alpha value is -0.680. The van der Waals surface area contributed by atoms with Crippen molar-refractivity contribution in [2.45, 2.75) is 25.8 Å². The summed E-state index contributed by atoms with van der Waals surface area (Å²) in [5.41, 5.74) is 5.56. The number of ether oxygens (including phenoxy) is 1. The molecule has 2 nitrogen and oxygen atoms in total. The lowest BCUT2D eigenvalue weighted by atomic mass is 9.95. The van der Waals surface area contributed by atoms with E-state index in [1.54, 1.807) is 13.8 Å². The van der Waals surface area contributed by atoms with Crippen LogP contribution in [0.4, 0.5) is 8.78 Å². The third kappa shape index (κ3) is 2.92. The molecule has 0 radical (unpaired) electrons. The van der Waals surface area contributed by atoms with Gasteiger partial charge in [0, 0.05) is 5.54 Å². The van der Waals surface area contributed by atoms with E-state index in [2.05, 4.69) is 15.9 Å². The van der Waals surface area contributed by atoms with Gasteiger partial charge in [-0.2, -0.15) is 0 Å². The number of halogens is 3. The third-order valence-corrected chi connectivity index (χ3v) is 2.62. The monoisotopic (exact) mass is 293 g/mol. The molecule has 90 valence electrons. The Morgan fingerprint density at radius 1 is 1.38 bits per heavy atom. The fourth-order valence-corrected chi connectivity index (χ4v) is 1.89. The second-order valence-corrected chi connectivity index (χ2v) is 5.20. The van der Waals surface area contributed by atoms with Crippen LogP contribution in [0, 0.1) is 11.6 Å². The van der Waals surface area contributed by atoms with E-state index in [1.807, 2.05) is 0 Å². The Labute approximate surface area is 102 Å². The minimum absolute atomic E-state index is 0.171. The Morgan fingerprint density at radius 3 is 2.38 bits per heavy atom. The van der Waals surface area contributed by atoms with Crippen LogP contribution < -0.4 is 10.5 Å². The summed E-state index contributed by atoms with van der Waals surface area (Å²) in [6, 6.07) is 1.39. The van der Waals surface area contributed by atoms with Crippen molar-refractivity contribution in [3.8, 4) is 5.75 Å². The van der Waals surface area contributed by atoms with Gasteiger partial charge in [-0.05, 0) is 47.8 Å². The molecule has 1 aromatic rings. The Balaban J connectivity index is 3.26. The number of methoxy groups -OCH3 is 1. The van der Waals surface area contributed by atoms with Crippen LogP contribution in [0.25, 0.3) is 0 Å². The van der Waals surface area contributed by atoms with Gasteiger partial charge in [0.1, 0.15) is 0 Å². The van der Waals surface area contributed by atoms with Crippen molar-refractivity contribution in [2.75, 3.05) is 7.11 Å². The molecule has 0 spiro atoms. The predicted octanol–water partition coefficient (Wildman–Crippen LogP) is 3.02. The number of hydrogen-bond acceptors (Lipinski definition) is 2. The highest BCUT2D eigenvalue weighted by atomic mass is 79.9. The average molecular weight is 294 g/mol. The first-order valence-electron chi connectivity index (χ1n) is 4.75. The van der Waals surface area contributed by atoms with Crippen LogP contribution in [0.5, 0.6) is 5.75 Å². The summed E-state index contributed by atoms with van der Waals surface area (Å²) in [4.78, 5) is 0. The third-order valence-electron chi connectivity index (χ3n) is 2.04. The van der Waals surface area contributed by atoms with Crippen molar-refractivity contribution >= 4 is 15.9 Å². The largest absolute Gasteiger partial charge is 0.491 e. The van der Waals surface area contributed by atoms with Crippen LogP contribution in [0.2, 0.25) is 0 Å². The Morgan fingerprint density at radius 2 is 1.94 bits per heavy atom. The fraction of sp³-hybridized carbons (Fsp3) is 0.455. The number of nitrogens with two attached hydrogens (primary N) is 1. The van der Waals surface area contributed by atoms with Gasteiger partial charge >= 0.3 is 0 Å². The van der Waals surface area contributed by atoms with Gasteiger partial charge in [-0.1, -0.05) is 0 Å². The molecule has 2 N–H and O–H groups in total. The highest BCUT2D eigenvalue weighted by molar-refractivity contribution is 9.10. The molecule has 0 bridgehead atoms. The van der Waals surface area contributed by atoms with Crippen molar-refractivity contribution in [3.63, 3.8) is 0 Å². The van der Waals surface area contributed by atoms with Crippen molar-refractivity contribution in [1.29, 1.82) is 0 Å². The van der Waals surface area contributed by atoms with Crippen molar-refractivity contribution in [3.05, 3.63) is 27.7 Å². The molecule has 5 heteroatoms. The van der Waals surface area contributed by atoms with Crippen LogP contribution in [-0.2, 0) is 6.42 Å². The normalized spacial score (nSPS) is 11.7. The average Bonchev–Trinajstić information content (AvgIpc) is 2.13. The topological polar surface area (TPSA) is 35.2 Å². The van der Waals surface area contributed by atoms with Crippen molar-refractivity contribution < 1.29 is 13.5 Å². The van der Waals surface area contributed by atoms with E-state index >= 15 is 0 Å². The molecule has 0 atom stereocenters. The summed E-state index contributed by atoms with van der Waals surface area (Å²) in [6.45, 7) is 3.55. The quantitative estimate of drug-likeness (QED) is 0.870. The van der Waals surface area contributed by atoms with Gasteiger partial charge in [-0.15, -0.1) is 0 Å². The zero-order valence-corrected chi connectivity index (χ0v) is 11.0. The van der Waals surface area contributed by atoms with Crippen molar-refractivity contribution in [2.24, 2.45) is 5.73 Å². The zero-order chi connectivity index (χ0) is 12.5. The van der Waals surface area contributed by atoms with E-state index in [9.17, 15) is 8.78 Å². The SMILES string of the molecule is COc1c(F)c(Br)cc(CC(C)(C)N)c1F. The molecule has 0 unspecified atom stereocenters. The van der Waals surface area contributed by atoms with Crippen LogP contribution in [0.3, 0.4) is 0 Å². The van der Waals surface area contributed by atoms with Gasteiger partial charge in [0.25, 0.3) is 0 Å². The molecule has 16 heavy (non-hydrogen) atoms. The van der Waals surface area contributed by atoms with E-state index in [-0.39, 0.29) is 10.2 Å². The van der Waals surface area contributed by atoms with Crippen LogP contribution in [-0.4, -0.2) is 12.6 Å². The van der Waals surface area contributed by atoms with E-state index in [1.165, 1.54) is 13.2 Å². The maximum atomic E-state index is 13.8. The first-order valence-corrected chi connectivity index (χ1v) is 5.55. The molecule has 1 rings (SSSR count). The highest BCUT2D eigenvalue weighted by Crippen LogP contribution is 2.32. The molecule has 1 aromatic carbocycles. The fourth-order valence-electron chi connectivity index (χ4n) is 1.43. The lowest BCUT2D eigenvalue weighted by Crippen LogP contribution is -2.34. The minimum Gasteiger partial charge on any atom is -0.491 e. The second-order valence-electron chi connectivity index (χ2n) is 4.34. The number of benzene rings is 1. The molecule has 0 saturated heterocycles. The molecular weight excluding hydrogens is 280 g/mol. The first-order chi connectivity index (χ1) is 7.26. The summed E-state index contributed by atoms with van der Waals surface area (Å²) in [5, 5.41) is 0. The van der Waals surface area contributed by atoms with Crippen LogP contribution in [0.15, 0.2) is 10.5 Å². The van der Waals surface area contributed by atoms with Crippen molar-refractivity contribution in [1.82, 2.24) is 0 Å². The molecule has 0 aromatic heterocycles. The number of rotatable bonds is 3. The van der Waals surface area contributed by atoms with Crippen LogP contribution in [0.1, 0.15) is 19.4 Å². The van der Waals surface area contributed by atoms with E-state index in [0.717, 1.165) is 0 Å². The summed E-state index contributed by atoms with van der Waals surface area (Å²) in [7, 11) is 1.23. The molecule has 0 aliphatic carbocycles. The minimum atomic E-state index is -0.737. The Bertz CT molecular complexity index is 402. The molecular formula is C11H14BrF2NO. The first kappa shape index (κ1) is 13.4. The van der Waals surface area contributed by atoms with Gasteiger partial charge in [0.05, 0.1) is 11.6 Å². The molecule has 0 amide bonds. The summed E-state index contributed by atoms with van der Waals surface area (Å²) >= 11 is 3.02. The second kappa shape index (κ2) is 4.67. The van der Waals surface area contributed by atoms with E-state index in [4.69, 9.17) is 10.5 Å². The molecule has 0 aliphatic heterocycles. The Kier molecular flexibility index (Phi) is 3.91. The maximum Gasteiger partial charge on any atom is 0.191 e. The van der Waals surface area contributed by atoms with Gasteiger partial charge in [-0.3, -0.25) is 0 Å². The van der Waals surface area contributed by atoms with Gasteiger partial charge in [-0.25, -0.2) is 8.78 Å². The van der Waals surface area contributed by atoms with E-state index < -0.39 is 17.2 Å². The molecule has 0 saturated carbocycles. The maximum absolute atomic E-state index is 13.8. The van der Waals surface area contributed by atoms with E-state index in [0.29, 0.717) is 12.0 Å². The summed E-state index contributed by atoms with van der Waals surface area (Å²) in [6.07, 6.45) is 0.300. The summed E-state index contributed by atoms with van der Waals surface area (Å²) < 4.78 is 32.1. The number of hydrogen-bond donors (Lipinski definition) is 1. The van der Waals surface area contributed by atoms with Gasteiger partial charge in [0.2, 0.25) is 0 Å². The molecule has 0 aliphatic rings. The molecule has 0 heterocycles. The lowest BCUT2D eigenvalue weighted by Gasteiger charge is -2.20. The van der Waals surface area contributed by atoms with Gasteiger partial charge in [0.15, 0.2) is 17.4 Å². The summed E-state index contributed by atoms with van der Waals surface area (Å²) in [5.74, 6) is -1.81. The smallest absolute Gasteiger partial charge is 0.191 e. The van der Waals surface area contributed by atoms with Gasteiger partial charge < -0.3 is 10.5 Å². The standard InChI is InChI=1S/C11H14BrF2NO/c1-11(2,15)5-6-4-7(12)9(14)10(16-3)8(6)13/h4H,5,15H2,1-3H3. The predicted molar refractivity (Wildman–Crippen MR) is 62.6 cm³/mol. The zero-order valence-electron chi connectivity index (χ0n) is 9.40. The lowest BCUT2D eigenvalue weighted by molar-refractivity contribution is 0.354. The van der Waals surface area contributed by atoms with Crippen LogP contribution >= 0.6 is 15.9 Å². The molecule has 0 fully saturated rings.